The zero-order chi connectivity index (χ0) is 13.6. The monoisotopic (exact) mass is 249 g/mol. The number of benzene rings is 1. The molecule has 1 aliphatic rings. The Morgan fingerprint density at radius 2 is 1.67 bits per heavy atom. The van der Waals surface area contributed by atoms with E-state index < -0.39 is 16.6 Å². The standard InChI is InChI=1S/C15H23NO2/c1-13(2)14(3,17)10-9-12(16)15(13,18)11-7-5-4-6-8-11/h4-8,12,17-18H,9-10,16H2,1-3H3. The maximum Gasteiger partial charge on any atom is 0.112 e. The molecule has 18 heavy (non-hydrogen) atoms. The van der Waals surface area contributed by atoms with Crippen LogP contribution in [0.4, 0.5) is 0 Å². The molecule has 1 aliphatic carbocycles. The van der Waals surface area contributed by atoms with E-state index in [0.29, 0.717) is 12.8 Å². The van der Waals surface area contributed by atoms with E-state index in [4.69, 9.17) is 5.73 Å². The molecule has 0 amide bonds. The summed E-state index contributed by atoms with van der Waals surface area (Å²) >= 11 is 0. The van der Waals surface area contributed by atoms with Gasteiger partial charge in [-0.25, -0.2) is 0 Å². The van der Waals surface area contributed by atoms with E-state index in [1.807, 2.05) is 44.2 Å². The minimum absolute atomic E-state index is 0.366. The quantitative estimate of drug-likeness (QED) is 0.710. The van der Waals surface area contributed by atoms with Crippen LogP contribution in [0.2, 0.25) is 0 Å². The van der Waals surface area contributed by atoms with Crippen molar-refractivity contribution in [2.24, 2.45) is 11.1 Å². The largest absolute Gasteiger partial charge is 0.389 e. The van der Waals surface area contributed by atoms with Gasteiger partial charge in [0, 0.05) is 11.5 Å². The molecule has 0 aromatic heterocycles. The second-order valence-corrected chi connectivity index (χ2v) is 6.18. The summed E-state index contributed by atoms with van der Waals surface area (Å²) in [6, 6.07) is 9.08. The Morgan fingerprint density at radius 1 is 1.11 bits per heavy atom. The SMILES string of the molecule is CC1(O)CCC(N)C(O)(c2ccccc2)C1(C)C. The first-order valence-electron chi connectivity index (χ1n) is 6.49. The van der Waals surface area contributed by atoms with Crippen LogP contribution in [0.25, 0.3) is 0 Å². The predicted molar refractivity (Wildman–Crippen MR) is 72.0 cm³/mol. The van der Waals surface area contributed by atoms with Gasteiger partial charge in [-0.05, 0) is 25.3 Å². The van der Waals surface area contributed by atoms with Crippen molar-refractivity contribution < 1.29 is 10.2 Å². The second kappa shape index (κ2) is 4.05. The maximum atomic E-state index is 11.2. The molecule has 4 N–H and O–H groups in total. The van der Waals surface area contributed by atoms with Gasteiger partial charge in [0.05, 0.1) is 5.60 Å². The molecule has 3 atom stereocenters. The molecule has 0 aliphatic heterocycles. The lowest BCUT2D eigenvalue weighted by Crippen LogP contribution is -2.66. The Kier molecular flexibility index (Phi) is 3.05. The van der Waals surface area contributed by atoms with E-state index in [9.17, 15) is 10.2 Å². The molecular weight excluding hydrogens is 226 g/mol. The van der Waals surface area contributed by atoms with Crippen LogP contribution in [0.3, 0.4) is 0 Å². The predicted octanol–water partition coefficient (Wildman–Crippen LogP) is 1.77. The van der Waals surface area contributed by atoms with Crippen molar-refractivity contribution in [1.29, 1.82) is 0 Å². The summed E-state index contributed by atoms with van der Waals surface area (Å²) in [5, 5.41) is 21.8. The Hall–Kier alpha value is -0.900. The molecule has 1 fully saturated rings. The van der Waals surface area contributed by atoms with Crippen LogP contribution in [0.15, 0.2) is 30.3 Å². The van der Waals surface area contributed by atoms with Crippen molar-refractivity contribution in [1.82, 2.24) is 0 Å². The van der Waals surface area contributed by atoms with Gasteiger partial charge in [0.2, 0.25) is 0 Å². The summed E-state index contributed by atoms with van der Waals surface area (Å²) in [5.74, 6) is 0. The maximum absolute atomic E-state index is 11.2. The molecule has 3 nitrogen and oxygen atoms in total. The van der Waals surface area contributed by atoms with E-state index in [0.717, 1.165) is 5.56 Å². The van der Waals surface area contributed by atoms with Crippen molar-refractivity contribution in [3.63, 3.8) is 0 Å². The lowest BCUT2D eigenvalue weighted by atomic mass is 9.54. The van der Waals surface area contributed by atoms with E-state index in [2.05, 4.69) is 0 Å². The molecule has 3 heteroatoms. The fourth-order valence-electron chi connectivity index (χ4n) is 3.10. The lowest BCUT2D eigenvalue weighted by molar-refractivity contribution is -0.215. The van der Waals surface area contributed by atoms with Crippen LogP contribution in [0.5, 0.6) is 0 Å². The second-order valence-electron chi connectivity index (χ2n) is 6.18. The Balaban J connectivity index is 2.58. The highest BCUT2D eigenvalue weighted by Gasteiger charge is 2.60. The van der Waals surface area contributed by atoms with Gasteiger partial charge in [-0.1, -0.05) is 44.2 Å². The Labute approximate surface area is 109 Å². The molecule has 1 aromatic rings. The van der Waals surface area contributed by atoms with Gasteiger partial charge in [-0.2, -0.15) is 0 Å². The third kappa shape index (κ3) is 1.62. The van der Waals surface area contributed by atoms with Gasteiger partial charge >= 0.3 is 0 Å². The van der Waals surface area contributed by atoms with Crippen LogP contribution in [0.1, 0.15) is 39.2 Å². The first-order chi connectivity index (χ1) is 8.23. The molecule has 1 aromatic carbocycles. The van der Waals surface area contributed by atoms with Crippen LogP contribution in [-0.2, 0) is 5.60 Å². The van der Waals surface area contributed by atoms with Crippen LogP contribution < -0.4 is 5.73 Å². The topological polar surface area (TPSA) is 66.5 Å². The molecular formula is C15H23NO2. The summed E-state index contributed by atoms with van der Waals surface area (Å²) in [6.07, 6.45) is 1.22. The molecule has 0 saturated heterocycles. The summed E-state index contributed by atoms with van der Waals surface area (Å²) in [4.78, 5) is 0. The van der Waals surface area contributed by atoms with Crippen molar-refractivity contribution in [2.75, 3.05) is 0 Å². The zero-order valence-corrected chi connectivity index (χ0v) is 11.4. The van der Waals surface area contributed by atoms with Gasteiger partial charge in [0.25, 0.3) is 0 Å². The highest BCUT2D eigenvalue weighted by atomic mass is 16.3. The Morgan fingerprint density at radius 3 is 2.22 bits per heavy atom. The number of rotatable bonds is 1. The third-order valence-electron chi connectivity index (χ3n) is 4.99. The van der Waals surface area contributed by atoms with Gasteiger partial charge in [0.1, 0.15) is 5.60 Å². The van der Waals surface area contributed by atoms with E-state index in [-0.39, 0.29) is 6.04 Å². The summed E-state index contributed by atoms with van der Waals surface area (Å²) in [5.41, 5.74) is 4.10. The van der Waals surface area contributed by atoms with E-state index in [1.54, 1.807) is 6.92 Å². The van der Waals surface area contributed by atoms with Gasteiger partial charge in [-0.3, -0.25) is 0 Å². The molecule has 0 radical (unpaired) electrons. The first-order valence-corrected chi connectivity index (χ1v) is 6.49. The van der Waals surface area contributed by atoms with Gasteiger partial charge in [-0.15, -0.1) is 0 Å². The molecule has 3 unspecified atom stereocenters. The smallest absolute Gasteiger partial charge is 0.112 e. The summed E-state index contributed by atoms with van der Waals surface area (Å²) in [6.45, 7) is 5.56. The molecule has 2 rings (SSSR count). The van der Waals surface area contributed by atoms with Crippen molar-refractivity contribution in [3.8, 4) is 0 Å². The lowest BCUT2D eigenvalue weighted by Gasteiger charge is -2.57. The zero-order valence-electron chi connectivity index (χ0n) is 11.4. The van der Waals surface area contributed by atoms with Crippen LogP contribution in [-0.4, -0.2) is 21.9 Å². The molecule has 0 heterocycles. The number of hydrogen-bond donors (Lipinski definition) is 3. The van der Waals surface area contributed by atoms with Crippen LogP contribution in [0, 0.1) is 5.41 Å². The first kappa shape index (κ1) is 13.5. The van der Waals surface area contributed by atoms with Gasteiger partial charge < -0.3 is 15.9 Å². The highest BCUT2D eigenvalue weighted by molar-refractivity contribution is 5.30. The fourth-order valence-corrected chi connectivity index (χ4v) is 3.10. The number of hydrogen-bond acceptors (Lipinski definition) is 3. The average Bonchev–Trinajstić information content (AvgIpc) is 2.34. The van der Waals surface area contributed by atoms with Gasteiger partial charge in [0.15, 0.2) is 0 Å². The Bertz CT molecular complexity index is 427. The molecule has 1 saturated carbocycles. The molecule has 0 bridgehead atoms. The summed E-state index contributed by atoms with van der Waals surface area (Å²) in [7, 11) is 0. The van der Waals surface area contributed by atoms with E-state index >= 15 is 0 Å². The highest BCUT2D eigenvalue weighted by Crippen LogP contribution is 2.54. The molecule has 0 spiro atoms. The molecule has 100 valence electrons. The normalized spacial score (nSPS) is 39.6. The minimum atomic E-state index is -1.21. The number of nitrogens with two attached hydrogens (primary N) is 1. The van der Waals surface area contributed by atoms with Crippen molar-refractivity contribution >= 4 is 0 Å². The minimum Gasteiger partial charge on any atom is -0.389 e. The average molecular weight is 249 g/mol. The fraction of sp³-hybridized carbons (Fsp3) is 0.600. The van der Waals surface area contributed by atoms with E-state index in [1.165, 1.54) is 0 Å². The van der Waals surface area contributed by atoms with Crippen LogP contribution >= 0.6 is 0 Å². The van der Waals surface area contributed by atoms with Crippen molar-refractivity contribution in [3.05, 3.63) is 35.9 Å². The third-order valence-corrected chi connectivity index (χ3v) is 4.99. The number of aliphatic hydroxyl groups is 2. The van der Waals surface area contributed by atoms with Crippen molar-refractivity contribution in [2.45, 2.75) is 50.9 Å². The summed E-state index contributed by atoms with van der Waals surface area (Å²) < 4.78 is 0.